The Bertz CT molecular complexity index is 997. The quantitative estimate of drug-likeness (QED) is 0.407. The molecular formula is C21H26BrN5O5S. The first-order valence-corrected chi connectivity index (χ1v) is 12.4. The van der Waals surface area contributed by atoms with Gasteiger partial charge in [-0.1, -0.05) is 15.9 Å². The Labute approximate surface area is 203 Å². The summed E-state index contributed by atoms with van der Waals surface area (Å²) in [6.45, 7) is 6.17. The van der Waals surface area contributed by atoms with E-state index in [9.17, 15) is 14.9 Å². The summed E-state index contributed by atoms with van der Waals surface area (Å²) in [4.78, 5) is 30.9. The lowest BCUT2D eigenvalue weighted by Gasteiger charge is -2.35. The van der Waals surface area contributed by atoms with Crippen molar-refractivity contribution in [3.8, 4) is 0 Å². The van der Waals surface area contributed by atoms with Gasteiger partial charge < -0.3 is 25.0 Å². The summed E-state index contributed by atoms with van der Waals surface area (Å²) in [7, 11) is 0. The highest BCUT2D eigenvalue weighted by Gasteiger charge is 2.35. The van der Waals surface area contributed by atoms with Crippen molar-refractivity contribution in [1.29, 1.82) is 0 Å². The van der Waals surface area contributed by atoms with Crippen molar-refractivity contribution in [2.75, 3.05) is 31.5 Å². The molecule has 0 spiro atoms. The number of hydrogen-bond donors (Lipinski definition) is 2. The van der Waals surface area contributed by atoms with Gasteiger partial charge in [0.15, 0.2) is 0 Å². The van der Waals surface area contributed by atoms with Crippen LogP contribution in [0.25, 0.3) is 0 Å². The summed E-state index contributed by atoms with van der Waals surface area (Å²) >= 11 is 4.84. The van der Waals surface area contributed by atoms with Crippen LogP contribution in [-0.4, -0.2) is 71.2 Å². The molecule has 2 aromatic rings. The third-order valence-corrected chi connectivity index (χ3v) is 6.82. The number of carbonyl (C=O) groups excluding carboxylic acids is 1. The zero-order chi connectivity index (χ0) is 23.5. The van der Waals surface area contributed by atoms with Gasteiger partial charge in [-0.2, -0.15) is 0 Å². The van der Waals surface area contributed by atoms with Gasteiger partial charge in [0.2, 0.25) is 0 Å². The molecule has 2 N–H and O–H groups in total. The first kappa shape index (κ1) is 24.0. The van der Waals surface area contributed by atoms with Crippen LogP contribution in [-0.2, 0) is 16.1 Å². The predicted octanol–water partition coefficient (Wildman–Crippen LogP) is 3.03. The molecular weight excluding hydrogens is 514 g/mol. The van der Waals surface area contributed by atoms with Crippen LogP contribution < -0.4 is 10.6 Å². The number of nitrogens with one attached hydrogen (secondary N) is 2. The van der Waals surface area contributed by atoms with E-state index in [1.165, 1.54) is 17.4 Å². The Kier molecular flexibility index (Phi) is 7.59. The summed E-state index contributed by atoms with van der Waals surface area (Å²) in [5.41, 5.74) is 0.298. The fourth-order valence-corrected chi connectivity index (χ4v) is 5.22. The molecule has 1 aromatic heterocycles. The van der Waals surface area contributed by atoms with Crippen LogP contribution in [0.5, 0.6) is 0 Å². The number of nitro groups is 1. The number of rotatable bonds is 7. The van der Waals surface area contributed by atoms with E-state index >= 15 is 0 Å². The maximum atomic E-state index is 13.5. The number of aromatic nitrogens is 1. The van der Waals surface area contributed by atoms with Crippen LogP contribution in [0.4, 0.5) is 11.4 Å². The van der Waals surface area contributed by atoms with Crippen LogP contribution in [0.2, 0.25) is 0 Å². The number of nitrogens with zero attached hydrogens (tertiary/aromatic N) is 3. The highest BCUT2D eigenvalue weighted by molar-refractivity contribution is 9.10. The van der Waals surface area contributed by atoms with Crippen LogP contribution in [0.3, 0.4) is 0 Å². The number of thiazole rings is 1. The standard InChI is InChI=1S/C21H26BrN5O5S/c1-12-9-26(10-13(2)32-12)21(28)15-5-14(22)6-17(27(29)30)20(15)25-16-7-23-8-18(16)31-11-19-24-3-4-33-19/h3-6,12-13,16,18,23,25H,7-11H2,1-2H3/t12-,13+,16-,18-/m0/s1. The number of halogens is 1. The van der Waals surface area contributed by atoms with E-state index < -0.39 is 4.92 Å². The monoisotopic (exact) mass is 539 g/mol. The molecule has 178 valence electrons. The van der Waals surface area contributed by atoms with Crippen LogP contribution in [0.15, 0.2) is 28.2 Å². The van der Waals surface area contributed by atoms with Crippen LogP contribution in [0.1, 0.15) is 29.2 Å². The van der Waals surface area contributed by atoms with Gasteiger partial charge in [0.05, 0.1) is 41.4 Å². The van der Waals surface area contributed by atoms with Gasteiger partial charge in [-0.15, -0.1) is 11.3 Å². The van der Waals surface area contributed by atoms with Crippen molar-refractivity contribution >= 4 is 44.5 Å². The largest absolute Gasteiger partial charge is 0.372 e. The van der Waals surface area contributed by atoms with E-state index in [4.69, 9.17) is 9.47 Å². The van der Waals surface area contributed by atoms with Gasteiger partial charge in [-0.25, -0.2) is 4.98 Å². The topological polar surface area (TPSA) is 119 Å². The number of nitro benzene ring substituents is 1. The van der Waals surface area contributed by atoms with E-state index in [0.29, 0.717) is 37.3 Å². The molecule has 0 radical (unpaired) electrons. The molecule has 3 heterocycles. The van der Waals surface area contributed by atoms with Gasteiger partial charge in [0.25, 0.3) is 11.6 Å². The average molecular weight is 540 g/mol. The van der Waals surface area contributed by atoms with Crippen molar-refractivity contribution < 1.29 is 19.2 Å². The Morgan fingerprint density at radius 2 is 2.15 bits per heavy atom. The lowest BCUT2D eigenvalue weighted by atomic mass is 10.1. The minimum Gasteiger partial charge on any atom is -0.372 e. The van der Waals surface area contributed by atoms with Crippen molar-refractivity contribution in [2.24, 2.45) is 0 Å². The average Bonchev–Trinajstić information content (AvgIpc) is 3.43. The molecule has 2 fully saturated rings. The molecule has 1 amide bonds. The lowest BCUT2D eigenvalue weighted by Crippen LogP contribution is -2.48. The third-order valence-electron chi connectivity index (χ3n) is 5.61. The Morgan fingerprint density at radius 3 is 2.82 bits per heavy atom. The molecule has 10 nitrogen and oxygen atoms in total. The summed E-state index contributed by atoms with van der Waals surface area (Å²) in [6, 6.07) is 2.80. The van der Waals surface area contributed by atoms with E-state index in [1.54, 1.807) is 17.2 Å². The van der Waals surface area contributed by atoms with Gasteiger partial charge >= 0.3 is 0 Å². The SMILES string of the molecule is C[C@@H]1CN(C(=O)c2cc(Br)cc([N+](=O)[O-])c2N[C@H]2CNC[C@@H]2OCc2nccs2)C[C@H](C)O1. The molecule has 2 saturated heterocycles. The Balaban J connectivity index is 1.60. The fraction of sp³-hybridized carbons (Fsp3) is 0.524. The molecule has 4 rings (SSSR count). The minimum absolute atomic E-state index is 0.112. The summed E-state index contributed by atoms with van der Waals surface area (Å²) in [5.74, 6) is -0.268. The number of amides is 1. The van der Waals surface area contributed by atoms with Gasteiger partial charge in [-0.05, 0) is 19.9 Å². The first-order valence-electron chi connectivity index (χ1n) is 10.7. The molecule has 0 saturated carbocycles. The molecule has 1 aromatic carbocycles. The second-order valence-corrected chi connectivity index (χ2v) is 10.2. The molecule has 2 aliphatic rings. The second-order valence-electron chi connectivity index (χ2n) is 8.26. The zero-order valence-corrected chi connectivity index (χ0v) is 20.7. The lowest BCUT2D eigenvalue weighted by molar-refractivity contribution is -0.384. The molecule has 0 bridgehead atoms. The summed E-state index contributed by atoms with van der Waals surface area (Å²) < 4.78 is 12.2. The fourth-order valence-electron chi connectivity index (χ4n) is 4.23. The van der Waals surface area contributed by atoms with Gasteiger partial charge in [0.1, 0.15) is 10.7 Å². The number of anilines is 1. The molecule has 12 heteroatoms. The maximum absolute atomic E-state index is 13.5. The maximum Gasteiger partial charge on any atom is 0.294 e. The zero-order valence-electron chi connectivity index (χ0n) is 18.3. The third kappa shape index (κ3) is 5.69. The van der Waals surface area contributed by atoms with Crippen molar-refractivity contribution in [3.63, 3.8) is 0 Å². The summed E-state index contributed by atoms with van der Waals surface area (Å²) in [5, 5.41) is 21.2. The molecule has 33 heavy (non-hydrogen) atoms. The highest BCUT2D eigenvalue weighted by Crippen LogP contribution is 2.35. The van der Waals surface area contributed by atoms with Crippen LogP contribution in [0, 0.1) is 10.1 Å². The normalized spacial score (nSPS) is 25.2. The molecule has 0 unspecified atom stereocenters. The summed E-state index contributed by atoms with van der Waals surface area (Å²) in [6.07, 6.45) is 1.27. The first-order chi connectivity index (χ1) is 15.8. The molecule has 0 aliphatic carbocycles. The van der Waals surface area contributed by atoms with Gasteiger partial charge in [-0.3, -0.25) is 14.9 Å². The van der Waals surface area contributed by atoms with E-state index in [2.05, 4.69) is 31.5 Å². The highest BCUT2D eigenvalue weighted by atomic mass is 79.9. The van der Waals surface area contributed by atoms with E-state index in [-0.39, 0.29) is 47.2 Å². The molecule has 4 atom stereocenters. The Hall–Kier alpha value is -2.12. The molecule has 2 aliphatic heterocycles. The van der Waals surface area contributed by atoms with Crippen LogP contribution >= 0.6 is 27.3 Å². The number of carbonyl (C=O) groups is 1. The number of morpholine rings is 1. The van der Waals surface area contributed by atoms with E-state index in [1.807, 2.05) is 19.2 Å². The predicted molar refractivity (Wildman–Crippen MR) is 128 cm³/mol. The van der Waals surface area contributed by atoms with Crippen molar-refractivity contribution in [2.45, 2.75) is 44.8 Å². The number of ether oxygens (including phenoxy) is 2. The number of hydrogen-bond acceptors (Lipinski definition) is 9. The van der Waals surface area contributed by atoms with Gasteiger partial charge in [0, 0.05) is 48.3 Å². The van der Waals surface area contributed by atoms with E-state index in [0.717, 1.165) is 5.01 Å². The van der Waals surface area contributed by atoms with Crippen molar-refractivity contribution in [3.05, 3.63) is 48.9 Å². The second kappa shape index (κ2) is 10.4. The minimum atomic E-state index is -0.470. The number of benzene rings is 1. The van der Waals surface area contributed by atoms with Crippen molar-refractivity contribution in [1.82, 2.24) is 15.2 Å². The Morgan fingerprint density at radius 1 is 1.39 bits per heavy atom. The smallest absolute Gasteiger partial charge is 0.294 e.